The summed E-state index contributed by atoms with van der Waals surface area (Å²) in [6, 6.07) is 11.9. The van der Waals surface area contributed by atoms with E-state index in [9.17, 15) is 13.2 Å². The highest BCUT2D eigenvalue weighted by molar-refractivity contribution is 9.10. The summed E-state index contributed by atoms with van der Waals surface area (Å²) in [5.74, 6) is -0.443. The van der Waals surface area contributed by atoms with E-state index in [4.69, 9.17) is 11.6 Å². The van der Waals surface area contributed by atoms with Crippen LogP contribution in [0.5, 0.6) is 0 Å². The molecule has 2 aromatic carbocycles. The molecule has 128 valence electrons. The van der Waals surface area contributed by atoms with E-state index >= 15 is 0 Å². The Balaban J connectivity index is 2.27. The first kappa shape index (κ1) is 18.8. The average molecular weight is 432 g/mol. The van der Waals surface area contributed by atoms with E-state index in [2.05, 4.69) is 21.2 Å². The number of hydrogen-bond donors (Lipinski definition) is 1. The molecular formula is C16H16BrClN2O3S. The number of amides is 1. The van der Waals surface area contributed by atoms with Gasteiger partial charge in [-0.25, -0.2) is 8.42 Å². The minimum atomic E-state index is -3.63. The van der Waals surface area contributed by atoms with Crippen molar-refractivity contribution in [2.45, 2.75) is 6.92 Å². The van der Waals surface area contributed by atoms with Crippen molar-refractivity contribution in [1.82, 2.24) is 0 Å². The number of anilines is 2. The van der Waals surface area contributed by atoms with Crippen molar-refractivity contribution >= 4 is 54.8 Å². The molecule has 8 heteroatoms. The predicted octanol–water partition coefficient (Wildman–Crippen LogP) is 3.82. The Labute approximate surface area is 154 Å². The van der Waals surface area contributed by atoms with Crippen molar-refractivity contribution in [2.24, 2.45) is 0 Å². The summed E-state index contributed by atoms with van der Waals surface area (Å²) < 4.78 is 26.0. The molecule has 0 unspecified atom stereocenters. The Hall–Kier alpha value is -1.57. The first-order chi connectivity index (χ1) is 11.2. The lowest BCUT2D eigenvalue weighted by atomic mass is 10.2. The number of halogens is 2. The first-order valence-electron chi connectivity index (χ1n) is 6.97. The van der Waals surface area contributed by atoms with E-state index in [-0.39, 0.29) is 6.54 Å². The zero-order valence-corrected chi connectivity index (χ0v) is 16.2. The van der Waals surface area contributed by atoms with Gasteiger partial charge in [0.2, 0.25) is 15.9 Å². The fourth-order valence-electron chi connectivity index (χ4n) is 2.16. The third-order valence-electron chi connectivity index (χ3n) is 3.26. The van der Waals surface area contributed by atoms with Crippen LogP contribution in [0, 0.1) is 6.92 Å². The molecule has 0 aliphatic rings. The van der Waals surface area contributed by atoms with Crippen molar-refractivity contribution in [3.8, 4) is 0 Å². The highest BCUT2D eigenvalue weighted by Crippen LogP contribution is 2.26. The first-order valence-corrected chi connectivity index (χ1v) is 9.98. The van der Waals surface area contributed by atoms with Crippen LogP contribution in [-0.4, -0.2) is 27.1 Å². The van der Waals surface area contributed by atoms with Gasteiger partial charge in [-0.1, -0.05) is 23.7 Å². The molecule has 24 heavy (non-hydrogen) atoms. The molecule has 5 nitrogen and oxygen atoms in total. The highest BCUT2D eigenvalue weighted by Gasteiger charge is 2.22. The molecule has 0 atom stereocenters. The maximum absolute atomic E-state index is 12.3. The van der Waals surface area contributed by atoms with E-state index in [0.29, 0.717) is 26.4 Å². The van der Waals surface area contributed by atoms with E-state index < -0.39 is 15.9 Å². The van der Waals surface area contributed by atoms with Crippen LogP contribution in [0.4, 0.5) is 11.4 Å². The van der Waals surface area contributed by atoms with Crippen LogP contribution in [0.25, 0.3) is 0 Å². The minimum absolute atomic E-state index is 0.331. The molecule has 1 amide bonds. The molecule has 0 radical (unpaired) electrons. The van der Waals surface area contributed by atoms with Crippen LogP contribution < -0.4 is 9.62 Å². The van der Waals surface area contributed by atoms with Gasteiger partial charge in [-0.15, -0.1) is 0 Å². The quantitative estimate of drug-likeness (QED) is 0.783. The number of rotatable bonds is 5. The van der Waals surface area contributed by atoms with E-state index in [1.54, 1.807) is 43.3 Å². The smallest absolute Gasteiger partial charge is 0.245 e. The second kappa shape index (κ2) is 7.55. The van der Waals surface area contributed by atoms with Crippen molar-refractivity contribution in [1.29, 1.82) is 0 Å². The molecule has 1 N–H and O–H groups in total. The third-order valence-corrected chi connectivity index (χ3v) is 5.32. The summed E-state index contributed by atoms with van der Waals surface area (Å²) in [5, 5.41) is 3.20. The number of para-hydroxylation sites is 1. The lowest BCUT2D eigenvalue weighted by Gasteiger charge is -2.23. The largest absolute Gasteiger partial charge is 0.323 e. The molecule has 0 fully saturated rings. The SMILES string of the molecule is Cc1cc(Cl)ccc1N(CC(=O)Nc1ccccc1Br)S(C)(=O)=O. The van der Waals surface area contributed by atoms with Crippen molar-refractivity contribution in [3.63, 3.8) is 0 Å². The number of nitrogens with zero attached hydrogens (tertiary/aromatic N) is 1. The Morgan fingerprint density at radius 3 is 2.50 bits per heavy atom. The zero-order chi connectivity index (χ0) is 17.9. The Morgan fingerprint density at radius 1 is 1.25 bits per heavy atom. The highest BCUT2D eigenvalue weighted by atomic mass is 79.9. The summed E-state index contributed by atoms with van der Waals surface area (Å²) in [5.41, 5.74) is 1.66. The second-order valence-electron chi connectivity index (χ2n) is 5.23. The topological polar surface area (TPSA) is 66.5 Å². The fraction of sp³-hybridized carbons (Fsp3) is 0.188. The Kier molecular flexibility index (Phi) is 5.90. The molecule has 0 aromatic heterocycles. The molecule has 0 spiro atoms. The van der Waals surface area contributed by atoms with Crippen LogP contribution in [0.2, 0.25) is 5.02 Å². The van der Waals surface area contributed by atoms with E-state index in [0.717, 1.165) is 10.6 Å². The van der Waals surface area contributed by atoms with E-state index in [1.807, 2.05) is 6.07 Å². The van der Waals surface area contributed by atoms with Crippen LogP contribution in [0.3, 0.4) is 0 Å². The normalized spacial score (nSPS) is 11.2. The maximum Gasteiger partial charge on any atom is 0.245 e. The lowest BCUT2D eigenvalue weighted by Crippen LogP contribution is -2.37. The predicted molar refractivity (Wildman–Crippen MR) is 101 cm³/mol. The number of nitrogens with one attached hydrogen (secondary N) is 1. The summed E-state index contributed by atoms with van der Waals surface area (Å²) in [7, 11) is -3.63. The second-order valence-corrected chi connectivity index (χ2v) is 8.43. The summed E-state index contributed by atoms with van der Waals surface area (Å²) in [6.07, 6.45) is 1.06. The zero-order valence-electron chi connectivity index (χ0n) is 13.1. The molecular weight excluding hydrogens is 416 g/mol. The third kappa shape index (κ3) is 4.72. The molecule has 0 heterocycles. The lowest BCUT2D eigenvalue weighted by molar-refractivity contribution is -0.114. The summed E-state index contributed by atoms with van der Waals surface area (Å²) >= 11 is 9.25. The van der Waals surface area contributed by atoms with Gasteiger partial charge >= 0.3 is 0 Å². The van der Waals surface area contributed by atoms with Gasteiger partial charge in [0.15, 0.2) is 0 Å². The van der Waals surface area contributed by atoms with Gasteiger partial charge in [0.05, 0.1) is 17.6 Å². The summed E-state index contributed by atoms with van der Waals surface area (Å²) in [4.78, 5) is 12.3. The van der Waals surface area contributed by atoms with Crippen molar-refractivity contribution in [2.75, 3.05) is 22.4 Å². The van der Waals surface area contributed by atoms with Gasteiger partial charge in [0.1, 0.15) is 6.54 Å². The molecule has 0 saturated carbocycles. The Morgan fingerprint density at radius 2 is 1.92 bits per heavy atom. The molecule has 0 aliphatic heterocycles. The maximum atomic E-state index is 12.3. The number of sulfonamides is 1. The summed E-state index contributed by atoms with van der Waals surface area (Å²) in [6.45, 7) is 1.41. The van der Waals surface area contributed by atoms with Crippen LogP contribution in [0.15, 0.2) is 46.9 Å². The van der Waals surface area contributed by atoms with Crippen LogP contribution in [-0.2, 0) is 14.8 Å². The van der Waals surface area contributed by atoms with Crippen LogP contribution >= 0.6 is 27.5 Å². The average Bonchev–Trinajstić information content (AvgIpc) is 2.47. The van der Waals surface area contributed by atoms with Crippen LogP contribution in [0.1, 0.15) is 5.56 Å². The number of benzene rings is 2. The van der Waals surface area contributed by atoms with E-state index in [1.165, 1.54) is 0 Å². The molecule has 2 rings (SSSR count). The minimum Gasteiger partial charge on any atom is -0.323 e. The number of aryl methyl sites for hydroxylation is 1. The van der Waals surface area contributed by atoms with Crippen molar-refractivity contribution < 1.29 is 13.2 Å². The Bertz CT molecular complexity index is 871. The molecule has 2 aromatic rings. The van der Waals surface area contributed by atoms with Gasteiger partial charge in [-0.3, -0.25) is 9.10 Å². The van der Waals surface area contributed by atoms with Crippen molar-refractivity contribution in [3.05, 3.63) is 57.5 Å². The van der Waals surface area contributed by atoms with Gasteiger partial charge in [-0.05, 0) is 58.7 Å². The fourth-order valence-corrected chi connectivity index (χ4v) is 3.69. The van der Waals surface area contributed by atoms with Gasteiger partial charge in [0, 0.05) is 9.50 Å². The monoisotopic (exact) mass is 430 g/mol. The van der Waals surface area contributed by atoms with Gasteiger partial charge < -0.3 is 5.32 Å². The number of carbonyl (C=O) groups excluding carboxylic acids is 1. The number of hydrogen-bond acceptors (Lipinski definition) is 3. The standard InChI is InChI=1S/C16H16BrClN2O3S/c1-11-9-12(18)7-8-15(11)20(24(2,22)23)10-16(21)19-14-6-4-3-5-13(14)17/h3-9H,10H2,1-2H3,(H,19,21). The van der Waals surface area contributed by atoms with Gasteiger partial charge in [0.25, 0.3) is 0 Å². The molecule has 0 aliphatic carbocycles. The molecule has 0 bridgehead atoms. The number of carbonyl (C=O) groups is 1. The molecule has 0 saturated heterocycles. The van der Waals surface area contributed by atoms with Gasteiger partial charge in [-0.2, -0.15) is 0 Å².